The Bertz CT molecular complexity index is 528. The van der Waals surface area contributed by atoms with Crippen molar-refractivity contribution in [1.82, 2.24) is 5.32 Å². The molecule has 1 aromatic carbocycles. The van der Waals surface area contributed by atoms with Gasteiger partial charge in [0.15, 0.2) is 0 Å². The van der Waals surface area contributed by atoms with Gasteiger partial charge in [-0.2, -0.15) is 5.26 Å². The van der Waals surface area contributed by atoms with E-state index in [2.05, 4.69) is 18.3 Å². The molecule has 1 amide bonds. The fourth-order valence-corrected chi connectivity index (χ4v) is 3.23. The monoisotopic (exact) mass is 288 g/mol. The quantitative estimate of drug-likeness (QED) is 0.864. The highest BCUT2D eigenvalue weighted by molar-refractivity contribution is 7.98. The van der Waals surface area contributed by atoms with Crippen molar-refractivity contribution in [3.8, 4) is 6.07 Å². The molecule has 1 saturated carbocycles. The minimum absolute atomic E-state index is 0.133. The standard InChI is InChI=1S/C16H20N2OS/c1-12-7-9-16(11-17,10-8-12)18-15(19)13-5-3-4-6-14(13)20-2/h3-6,12H,7-10H2,1-2H3,(H,18,19). The van der Waals surface area contributed by atoms with Gasteiger partial charge in [-0.3, -0.25) is 4.79 Å². The van der Waals surface area contributed by atoms with Crippen LogP contribution in [0.2, 0.25) is 0 Å². The van der Waals surface area contributed by atoms with Crippen LogP contribution in [-0.4, -0.2) is 17.7 Å². The van der Waals surface area contributed by atoms with E-state index in [4.69, 9.17) is 0 Å². The van der Waals surface area contributed by atoms with Gasteiger partial charge in [-0.1, -0.05) is 19.1 Å². The van der Waals surface area contributed by atoms with Gasteiger partial charge in [-0.15, -0.1) is 11.8 Å². The van der Waals surface area contributed by atoms with E-state index in [1.807, 2.05) is 30.5 Å². The van der Waals surface area contributed by atoms with E-state index in [1.54, 1.807) is 11.8 Å². The lowest BCUT2D eigenvalue weighted by molar-refractivity contribution is 0.0891. The molecule has 2 rings (SSSR count). The van der Waals surface area contributed by atoms with E-state index in [-0.39, 0.29) is 5.91 Å². The van der Waals surface area contributed by atoms with Gasteiger partial charge in [-0.25, -0.2) is 0 Å². The van der Waals surface area contributed by atoms with Crippen molar-refractivity contribution in [2.75, 3.05) is 6.26 Å². The molecule has 1 N–H and O–H groups in total. The molecule has 0 bridgehead atoms. The van der Waals surface area contributed by atoms with Gasteiger partial charge < -0.3 is 5.32 Å². The van der Waals surface area contributed by atoms with Crippen molar-refractivity contribution in [3.05, 3.63) is 29.8 Å². The third kappa shape index (κ3) is 3.16. The predicted octanol–water partition coefficient (Wildman–Crippen LogP) is 3.61. The SMILES string of the molecule is CSc1ccccc1C(=O)NC1(C#N)CCC(C)CC1. The lowest BCUT2D eigenvalue weighted by Gasteiger charge is -2.34. The maximum absolute atomic E-state index is 12.5. The molecule has 1 aliphatic rings. The third-order valence-corrected chi connectivity index (χ3v) is 4.84. The molecule has 3 nitrogen and oxygen atoms in total. The molecule has 0 unspecified atom stereocenters. The Morgan fingerprint density at radius 1 is 1.40 bits per heavy atom. The van der Waals surface area contributed by atoms with Crippen molar-refractivity contribution in [2.24, 2.45) is 5.92 Å². The summed E-state index contributed by atoms with van der Waals surface area (Å²) >= 11 is 1.55. The lowest BCUT2D eigenvalue weighted by atomic mass is 9.78. The highest BCUT2D eigenvalue weighted by Crippen LogP contribution is 2.32. The number of carbonyl (C=O) groups is 1. The zero-order valence-corrected chi connectivity index (χ0v) is 12.8. The summed E-state index contributed by atoms with van der Waals surface area (Å²) < 4.78 is 0. The summed E-state index contributed by atoms with van der Waals surface area (Å²) in [6.07, 6.45) is 5.44. The summed E-state index contributed by atoms with van der Waals surface area (Å²) in [5, 5.41) is 12.5. The molecular formula is C16H20N2OS. The van der Waals surface area contributed by atoms with E-state index in [0.29, 0.717) is 11.5 Å². The normalized spacial score (nSPS) is 25.8. The second-order valence-electron chi connectivity index (χ2n) is 5.53. The van der Waals surface area contributed by atoms with Gasteiger partial charge in [0.25, 0.3) is 5.91 Å². The molecule has 0 aromatic heterocycles. The molecule has 0 aliphatic heterocycles. The molecular weight excluding hydrogens is 268 g/mol. The summed E-state index contributed by atoms with van der Waals surface area (Å²) in [5.74, 6) is 0.512. The summed E-state index contributed by atoms with van der Waals surface area (Å²) in [6.45, 7) is 2.20. The van der Waals surface area contributed by atoms with Crippen LogP contribution in [0.5, 0.6) is 0 Å². The molecule has 106 valence electrons. The van der Waals surface area contributed by atoms with Gasteiger partial charge in [0, 0.05) is 4.90 Å². The molecule has 0 atom stereocenters. The van der Waals surface area contributed by atoms with Crippen molar-refractivity contribution >= 4 is 17.7 Å². The zero-order valence-electron chi connectivity index (χ0n) is 12.0. The largest absolute Gasteiger partial charge is 0.334 e. The van der Waals surface area contributed by atoms with Gasteiger partial charge >= 0.3 is 0 Å². The highest BCUT2D eigenvalue weighted by Gasteiger charge is 2.36. The molecule has 4 heteroatoms. The molecule has 0 saturated heterocycles. The number of hydrogen-bond acceptors (Lipinski definition) is 3. The van der Waals surface area contributed by atoms with Crippen molar-refractivity contribution in [2.45, 2.75) is 43.0 Å². The first-order valence-electron chi connectivity index (χ1n) is 6.97. The summed E-state index contributed by atoms with van der Waals surface area (Å²) in [4.78, 5) is 13.4. The number of amides is 1. The Labute approximate surface area is 124 Å². The third-order valence-electron chi connectivity index (χ3n) is 4.05. The predicted molar refractivity (Wildman–Crippen MR) is 81.7 cm³/mol. The Balaban J connectivity index is 2.16. The van der Waals surface area contributed by atoms with Crippen molar-refractivity contribution < 1.29 is 4.79 Å². The van der Waals surface area contributed by atoms with Gasteiger partial charge in [0.2, 0.25) is 0 Å². The summed E-state index contributed by atoms with van der Waals surface area (Å²) in [6, 6.07) is 9.87. The van der Waals surface area contributed by atoms with Crippen LogP contribution in [0.15, 0.2) is 29.2 Å². The summed E-state index contributed by atoms with van der Waals surface area (Å²) in [7, 11) is 0. The van der Waals surface area contributed by atoms with Crippen LogP contribution in [-0.2, 0) is 0 Å². The fourth-order valence-electron chi connectivity index (χ4n) is 2.64. The van der Waals surface area contributed by atoms with Crippen LogP contribution in [0.3, 0.4) is 0 Å². The van der Waals surface area contributed by atoms with Crippen molar-refractivity contribution in [1.29, 1.82) is 5.26 Å². The minimum atomic E-state index is -0.685. The van der Waals surface area contributed by atoms with Crippen LogP contribution in [0.25, 0.3) is 0 Å². The number of nitriles is 1. The number of thioether (sulfide) groups is 1. The molecule has 0 spiro atoms. The molecule has 0 heterocycles. The molecule has 0 radical (unpaired) electrons. The van der Waals surface area contributed by atoms with Gasteiger partial charge in [0.1, 0.15) is 5.54 Å². The second-order valence-corrected chi connectivity index (χ2v) is 6.38. The summed E-state index contributed by atoms with van der Waals surface area (Å²) in [5.41, 5.74) is -0.0250. The number of hydrogen-bond donors (Lipinski definition) is 1. The maximum atomic E-state index is 12.5. The minimum Gasteiger partial charge on any atom is -0.334 e. The van der Waals surface area contributed by atoms with Gasteiger partial charge in [0.05, 0.1) is 11.6 Å². The Morgan fingerprint density at radius 3 is 2.65 bits per heavy atom. The van der Waals surface area contributed by atoms with E-state index in [1.165, 1.54) is 0 Å². The average Bonchev–Trinajstić information content (AvgIpc) is 2.49. The van der Waals surface area contributed by atoms with E-state index in [9.17, 15) is 10.1 Å². The fraction of sp³-hybridized carbons (Fsp3) is 0.500. The van der Waals surface area contributed by atoms with Crippen LogP contribution in [0.1, 0.15) is 43.0 Å². The molecule has 1 fully saturated rings. The Morgan fingerprint density at radius 2 is 2.05 bits per heavy atom. The zero-order chi connectivity index (χ0) is 14.6. The topological polar surface area (TPSA) is 52.9 Å². The lowest BCUT2D eigenvalue weighted by Crippen LogP contribution is -2.49. The van der Waals surface area contributed by atoms with Crippen LogP contribution >= 0.6 is 11.8 Å². The van der Waals surface area contributed by atoms with E-state index in [0.717, 1.165) is 30.6 Å². The number of rotatable bonds is 3. The Hall–Kier alpha value is -1.47. The molecule has 1 aliphatic carbocycles. The van der Waals surface area contributed by atoms with Crippen LogP contribution in [0.4, 0.5) is 0 Å². The smallest absolute Gasteiger partial charge is 0.253 e. The molecule has 1 aromatic rings. The second kappa shape index (κ2) is 6.32. The highest BCUT2D eigenvalue weighted by atomic mass is 32.2. The van der Waals surface area contributed by atoms with Crippen LogP contribution < -0.4 is 5.32 Å². The average molecular weight is 288 g/mol. The first-order chi connectivity index (χ1) is 9.60. The number of nitrogens with one attached hydrogen (secondary N) is 1. The Kier molecular flexibility index (Phi) is 4.72. The van der Waals surface area contributed by atoms with Crippen molar-refractivity contribution in [3.63, 3.8) is 0 Å². The first-order valence-corrected chi connectivity index (χ1v) is 8.19. The number of nitrogens with zero attached hydrogens (tertiary/aromatic N) is 1. The van der Waals surface area contributed by atoms with Gasteiger partial charge in [-0.05, 0) is 50.0 Å². The molecule has 20 heavy (non-hydrogen) atoms. The number of benzene rings is 1. The van der Waals surface area contributed by atoms with Crippen LogP contribution in [0, 0.1) is 17.2 Å². The van der Waals surface area contributed by atoms with E-state index >= 15 is 0 Å². The maximum Gasteiger partial charge on any atom is 0.253 e. The first kappa shape index (κ1) is 14.9. The number of carbonyl (C=O) groups excluding carboxylic acids is 1. The van der Waals surface area contributed by atoms with E-state index < -0.39 is 5.54 Å².